The molecule has 0 radical (unpaired) electrons. The molecule has 0 saturated carbocycles. The number of nitrogens with zero attached hydrogens (tertiary/aromatic N) is 1. The lowest BCUT2D eigenvalue weighted by Crippen LogP contribution is -2.47. The number of amides is 3. The number of urea groups is 1. The van der Waals surface area contributed by atoms with Gasteiger partial charge in [-0.05, 0) is 66.1 Å². The Morgan fingerprint density at radius 3 is 2.31 bits per heavy atom. The first kappa shape index (κ1) is 25.2. The largest absolute Gasteiger partial charge is 0.495 e. The number of methoxy groups -OCH3 is 3. The minimum atomic E-state index is -0.445. The number of hydrogen-bond acceptors (Lipinski definition) is 5. The molecule has 4 rings (SSSR count). The molecule has 3 amide bonds. The van der Waals surface area contributed by atoms with Crippen molar-refractivity contribution in [2.45, 2.75) is 12.5 Å². The molecule has 1 aliphatic heterocycles. The van der Waals surface area contributed by atoms with Gasteiger partial charge in [0.2, 0.25) is 0 Å². The first-order valence-electron chi connectivity index (χ1n) is 11.4. The Morgan fingerprint density at radius 2 is 1.61 bits per heavy atom. The zero-order chi connectivity index (χ0) is 25.7. The Bertz CT molecular complexity index is 1250. The van der Waals surface area contributed by atoms with Crippen LogP contribution >= 0.6 is 11.6 Å². The highest BCUT2D eigenvalue weighted by Crippen LogP contribution is 2.38. The molecule has 3 aromatic rings. The number of benzene rings is 3. The van der Waals surface area contributed by atoms with Crippen molar-refractivity contribution in [2.24, 2.45) is 0 Å². The van der Waals surface area contributed by atoms with Gasteiger partial charge < -0.3 is 29.7 Å². The smallest absolute Gasteiger partial charge is 0.322 e. The first-order chi connectivity index (χ1) is 17.4. The number of rotatable bonds is 7. The summed E-state index contributed by atoms with van der Waals surface area (Å²) in [5, 5.41) is 6.46. The van der Waals surface area contributed by atoms with Crippen LogP contribution in [-0.4, -0.2) is 51.3 Å². The van der Waals surface area contributed by atoms with Crippen LogP contribution in [0.4, 0.5) is 10.5 Å². The second-order valence-electron chi connectivity index (χ2n) is 8.21. The second kappa shape index (κ2) is 11.2. The monoisotopic (exact) mass is 509 g/mol. The van der Waals surface area contributed by atoms with Crippen LogP contribution in [0.2, 0.25) is 5.02 Å². The van der Waals surface area contributed by atoms with E-state index in [0.717, 1.165) is 11.1 Å². The number of fused-ring (bicyclic) bond motifs is 1. The molecule has 0 spiro atoms. The highest BCUT2D eigenvalue weighted by molar-refractivity contribution is 6.30. The fourth-order valence-electron chi connectivity index (χ4n) is 4.32. The molecule has 36 heavy (non-hydrogen) atoms. The van der Waals surface area contributed by atoms with Gasteiger partial charge in [0.25, 0.3) is 5.91 Å². The van der Waals surface area contributed by atoms with Crippen molar-refractivity contribution in [1.82, 2.24) is 10.2 Å². The van der Waals surface area contributed by atoms with Gasteiger partial charge >= 0.3 is 6.03 Å². The number of para-hydroxylation sites is 2. The average Bonchev–Trinajstić information content (AvgIpc) is 2.91. The van der Waals surface area contributed by atoms with Crippen molar-refractivity contribution in [1.29, 1.82) is 0 Å². The Labute approximate surface area is 215 Å². The fourth-order valence-corrected chi connectivity index (χ4v) is 4.44. The zero-order valence-corrected chi connectivity index (χ0v) is 21.1. The van der Waals surface area contributed by atoms with Crippen molar-refractivity contribution in [3.05, 3.63) is 82.4 Å². The topological polar surface area (TPSA) is 89.1 Å². The summed E-state index contributed by atoms with van der Waals surface area (Å²) in [5.74, 6) is 1.47. The van der Waals surface area contributed by atoms with E-state index in [1.807, 2.05) is 24.3 Å². The maximum atomic E-state index is 13.5. The van der Waals surface area contributed by atoms with Crippen LogP contribution in [0.5, 0.6) is 17.2 Å². The highest BCUT2D eigenvalue weighted by Gasteiger charge is 2.33. The summed E-state index contributed by atoms with van der Waals surface area (Å²) in [6.07, 6.45) is 0.622. The minimum absolute atomic E-state index is 0.198. The van der Waals surface area contributed by atoms with Gasteiger partial charge in [-0.25, -0.2) is 4.79 Å². The third kappa shape index (κ3) is 5.33. The van der Waals surface area contributed by atoms with Gasteiger partial charge in [0.15, 0.2) is 11.5 Å². The van der Waals surface area contributed by atoms with Crippen LogP contribution in [0.25, 0.3) is 0 Å². The zero-order valence-electron chi connectivity index (χ0n) is 20.3. The van der Waals surface area contributed by atoms with Crippen LogP contribution in [0.3, 0.4) is 0 Å². The molecule has 188 valence electrons. The van der Waals surface area contributed by atoms with Gasteiger partial charge in [-0.15, -0.1) is 0 Å². The van der Waals surface area contributed by atoms with E-state index in [2.05, 4.69) is 10.6 Å². The lowest BCUT2D eigenvalue weighted by Gasteiger charge is -2.38. The highest BCUT2D eigenvalue weighted by atomic mass is 35.5. The van der Waals surface area contributed by atoms with Crippen LogP contribution in [0.1, 0.15) is 27.5 Å². The molecule has 0 bridgehead atoms. The molecular formula is C27H28ClN3O5. The van der Waals surface area contributed by atoms with Crippen molar-refractivity contribution >= 4 is 29.2 Å². The molecule has 1 atom stereocenters. The molecule has 0 aromatic heterocycles. The summed E-state index contributed by atoms with van der Waals surface area (Å²) in [4.78, 5) is 28.0. The van der Waals surface area contributed by atoms with Crippen LogP contribution in [0, 0.1) is 0 Å². The predicted molar refractivity (Wildman–Crippen MR) is 138 cm³/mol. The molecule has 1 heterocycles. The van der Waals surface area contributed by atoms with E-state index >= 15 is 0 Å². The van der Waals surface area contributed by atoms with Crippen molar-refractivity contribution in [3.63, 3.8) is 0 Å². The van der Waals surface area contributed by atoms with Gasteiger partial charge in [0, 0.05) is 23.7 Å². The molecule has 0 aliphatic carbocycles. The summed E-state index contributed by atoms with van der Waals surface area (Å²) in [6.45, 7) is 0.647. The maximum Gasteiger partial charge on any atom is 0.322 e. The van der Waals surface area contributed by atoms with Crippen molar-refractivity contribution < 1.29 is 23.8 Å². The molecule has 2 N–H and O–H groups in total. The Kier molecular flexibility index (Phi) is 7.85. The maximum absolute atomic E-state index is 13.5. The van der Waals surface area contributed by atoms with Gasteiger partial charge in [-0.1, -0.05) is 23.7 Å². The third-order valence-corrected chi connectivity index (χ3v) is 6.43. The number of halogens is 1. The van der Waals surface area contributed by atoms with E-state index in [-0.39, 0.29) is 18.5 Å². The van der Waals surface area contributed by atoms with Gasteiger partial charge in [0.05, 0.1) is 33.1 Å². The molecule has 0 fully saturated rings. The van der Waals surface area contributed by atoms with Gasteiger partial charge in [-0.3, -0.25) is 4.79 Å². The van der Waals surface area contributed by atoms with Crippen LogP contribution < -0.4 is 24.8 Å². The number of carbonyl (C=O) groups excluding carboxylic acids is 2. The molecule has 1 aliphatic rings. The van der Waals surface area contributed by atoms with E-state index in [4.69, 9.17) is 25.8 Å². The molecular weight excluding hydrogens is 482 g/mol. The molecule has 9 heteroatoms. The summed E-state index contributed by atoms with van der Waals surface area (Å²) >= 11 is 5.95. The van der Waals surface area contributed by atoms with Crippen LogP contribution in [0.15, 0.2) is 60.7 Å². The molecule has 0 unspecified atom stereocenters. The standard InChI is InChI=1S/C27H28ClN3O5/c1-34-23-7-5-4-6-21(23)30-27(33)31-13-12-18-14-24(35-2)25(36-3)15-20(18)22(31)16-29-26(32)17-8-10-19(28)11-9-17/h4-11,14-15,22H,12-13,16H2,1-3H3,(H,29,32)(H,30,33)/t22-/m1/s1. The number of carbonyl (C=O) groups is 2. The minimum Gasteiger partial charge on any atom is -0.495 e. The fraction of sp³-hybridized carbons (Fsp3) is 0.259. The third-order valence-electron chi connectivity index (χ3n) is 6.17. The van der Waals surface area contributed by atoms with Crippen LogP contribution in [-0.2, 0) is 6.42 Å². The van der Waals surface area contributed by atoms with E-state index in [1.165, 1.54) is 0 Å². The summed E-state index contributed by atoms with van der Waals surface area (Å²) < 4.78 is 16.4. The molecule has 8 nitrogen and oxygen atoms in total. The number of hydrogen-bond donors (Lipinski definition) is 2. The lowest BCUT2D eigenvalue weighted by atomic mass is 9.91. The van der Waals surface area contributed by atoms with Gasteiger partial charge in [-0.2, -0.15) is 0 Å². The van der Waals surface area contributed by atoms with Gasteiger partial charge in [0.1, 0.15) is 5.75 Å². The first-order valence-corrected chi connectivity index (χ1v) is 11.8. The Morgan fingerprint density at radius 1 is 0.944 bits per heavy atom. The quantitative estimate of drug-likeness (QED) is 0.471. The van der Waals surface area contributed by atoms with Crippen molar-refractivity contribution in [3.8, 4) is 17.2 Å². The van der Waals surface area contributed by atoms with E-state index < -0.39 is 6.04 Å². The van der Waals surface area contributed by atoms with Crippen molar-refractivity contribution in [2.75, 3.05) is 39.7 Å². The SMILES string of the molecule is COc1ccccc1NC(=O)N1CCc2cc(OC)c(OC)cc2[C@H]1CNC(=O)c1ccc(Cl)cc1. The Hall–Kier alpha value is -3.91. The van der Waals surface area contributed by atoms with E-state index in [1.54, 1.807) is 62.6 Å². The van der Waals surface area contributed by atoms with E-state index in [0.29, 0.717) is 46.5 Å². The predicted octanol–water partition coefficient (Wildman–Crippen LogP) is 4.93. The lowest BCUT2D eigenvalue weighted by molar-refractivity contribution is 0.0936. The number of nitrogens with one attached hydrogen (secondary N) is 2. The summed E-state index contributed by atoms with van der Waals surface area (Å²) in [7, 11) is 4.71. The Balaban J connectivity index is 1.64. The molecule has 3 aromatic carbocycles. The summed E-state index contributed by atoms with van der Waals surface area (Å²) in [5.41, 5.74) is 2.95. The average molecular weight is 510 g/mol. The second-order valence-corrected chi connectivity index (χ2v) is 8.65. The van der Waals surface area contributed by atoms with E-state index in [9.17, 15) is 9.59 Å². The summed E-state index contributed by atoms with van der Waals surface area (Å²) in [6, 6.07) is 16.9. The normalized spacial score (nSPS) is 14.4. The molecule has 0 saturated heterocycles. The number of anilines is 1. The number of ether oxygens (including phenoxy) is 3.